The fourth-order valence-corrected chi connectivity index (χ4v) is 2.96. The summed E-state index contributed by atoms with van der Waals surface area (Å²) >= 11 is 3.29. The van der Waals surface area contributed by atoms with Crippen LogP contribution in [0.3, 0.4) is 0 Å². The van der Waals surface area contributed by atoms with E-state index in [0.29, 0.717) is 23.3 Å². The van der Waals surface area contributed by atoms with Crippen molar-refractivity contribution in [2.45, 2.75) is 19.4 Å². The zero-order chi connectivity index (χ0) is 21.2. The summed E-state index contributed by atoms with van der Waals surface area (Å²) in [6, 6.07) is 14.7. The third kappa shape index (κ3) is 7.33. The summed E-state index contributed by atoms with van der Waals surface area (Å²) in [7, 11) is 4.00. The van der Waals surface area contributed by atoms with Gasteiger partial charge in [-0.15, -0.1) is 0 Å². The quantitative estimate of drug-likeness (QED) is 0.351. The summed E-state index contributed by atoms with van der Waals surface area (Å²) in [4.78, 5) is 18.9. The number of amides is 1. The average Bonchev–Trinajstić information content (AvgIpc) is 2.70. The molecule has 1 amide bonds. The molecule has 1 N–H and O–H groups in total. The number of nitriles is 1. The number of carbonyl (C=O) groups excluding carboxylic acids is 1. The number of nitrogens with one attached hydrogen (secondary N) is 1. The number of halogens is 1. The van der Waals surface area contributed by atoms with Gasteiger partial charge in [0.1, 0.15) is 28.6 Å². The normalized spacial score (nSPS) is 12.3. The van der Waals surface area contributed by atoms with Crippen LogP contribution in [-0.2, 0) is 4.79 Å². The Morgan fingerprint density at radius 3 is 2.62 bits per heavy atom. The Bertz CT molecular complexity index is 888. The third-order valence-corrected chi connectivity index (χ3v) is 4.64. The molecule has 7 heteroatoms. The lowest BCUT2D eigenvalue weighted by molar-refractivity contribution is -0.117. The van der Waals surface area contributed by atoms with E-state index < -0.39 is 5.91 Å². The van der Waals surface area contributed by atoms with Crippen LogP contribution in [0, 0.1) is 11.3 Å². The van der Waals surface area contributed by atoms with E-state index >= 15 is 0 Å². The molecule has 6 nitrogen and oxygen atoms in total. The Hall–Kier alpha value is -2.69. The van der Waals surface area contributed by atoms with Crippen LogP contribution in [0.5, 0.6) is 5.75 Å². The first kappa shape index (κ1) is 22.6. The lowest BCUT2D eigenvalue weighted by Gasteiger charge is -2.18. The topological polar surface area (TPSA) is 78.2 Å². The summed E-state index contributed by atoms with van der Waals surface area (Å²) in [5.41, 5.74) is 1.51. The van der Waals surface area contributed by atoms with Gasteiger partial charge in [-0.3, -0.25) is 4.79 Å². The Morgan fingerprint density at radius 1 is 1.31 bits per heavy atom. The largest absolute Gasteiger partial charge is 0.492 e. The zero-order valence-corrected chi connectivity index (χ0v) is 18.4. The first-order valence-corrected chi connectivity index (χ1v) is 10.1. The van der Waals surface area contributed by atoms with Crippen molar-refractivity contribution >= 4 is 27.9 Å². The minimum Gasteiger partial charge on any atom is -0.492 e. The molecule has 0 bridgehead atoms. The van der Waals surface area contributed by atoms with E-state index in [1.807, 2.05) is 51.4 Å². The van der Waals surface area contributed by atoms with Crippen molar-refractivity contribution in [2.75, 3.05) is 27.2 Å². The number of ether oxygens (including phenoxy) is 1. The van der Waals surface area contributed by atoms with Gasteiger partial charge in [0, 0.05) is 6.54 Å². The van der Waals surface area contributed by atoms with Crippen molar-refractivity contribution in [1.29, 1.82) is 5.26 Å². The molecular weight excluding hydrogens is 432 g/mol. The maximum Gasteiger partial charge on any atom is 0.262 e. The van der Waals surface area contributed by atoms with Crippen LogP contribution in [-0.4, -0.2) is 43.0 Å². The van der Waals surface area contributed by atoms with Gasteiger partial charge in [0.05, 0.1) is 11.7 Å². The second-order valence-electron chi connectivity index (χ2n) is 6.71. The van der Waals surface area contributed by atoms with Crippen molar-refractivity contribution in [3.8, 4) is 11.8 Å². The summed E-state index contributed by atoms with van der Waals surface area (Å²) < 4.78 is 6.35. The number of hydrogen-bond donors (Lipinski definition) is 1. The van der Waals surface area contributed by atoms with E-state index in [1.165, 1.54) is 6.08 Å². The molecule has 0 spiro atoms. The molecule has 29 heavy (non-hydrogen) atoms. The Labute approximate surface area is 180 Å². The number of benzene rings is 1. The van der Waals surface area contributed by atoms with E-state index in [1.54, 1.807) is 18.2 Å². The molecular formula is C22H25BrN4O2. The van der Waals surface area contributed by atoms with E-state index in [0.717, 1.165) is 17.9 Å². The third-order valence-electron chi connectivity index (χ3n) is 4.20. The van der Waals surface area contributed by atoms with Crippen molar-refractivity contribution in [2.24, 2.45) is 0 Å². The number of rotatable bonds is 9. The molecule has 1 aromatic carbocycles. The van der Waals surface area contributed by atoms with Crippen LogP contribution in [0.2, 0.25) is 0 Å². The standard InChI is InChI=1S/C22H25BrN4O2/c1-4-20(16-8-10-19(11-9-16)29-13-12-27(2)3)26-22(28)17(15-24)14-18-6-5-7-21(23)25-18/h5-11,14,20H,4,12-13H2,1-3H3,(H,26,28)/b17-14+. The number of hydrogen-bond acceptors (Lipinski definition) is 5. The molecule has 1 atom stereocenters. The lowest BCUT2D eigenvalue weighted by atomic mass is 10.0. The van der Waals surface area contributed by atoms with Gasteiger partial charge in [-0.25, -0.2) is 4.98 Å². The second-order valence-corrected chi connectivity index (χ2v) is 7.52. The molecule has 0 aliphatic rings. The molecule has 0 radical (unpaired) electrons. The molecule has 2 aromatic rings. The van der Waals surface area contributed by atoms with Crippen LogP contribution in [0.15, 0.2) is 52.6 Å². The maximum absolute atomic E-state index is 12.6. The van der Waals surface area contributed by atoms with Gasteiger partial charge >= 0.3 is 0 Å². The van der Waals surface area contributed by atoms with Crippen LogP contribution in [0.4, 0.5) is 0 Å². The van der Waals surface area contributed by atoms with Crippen molar-refractivity contribution < 1.29 is 9.53 Å². The van der Waals surface area contributed by atoms with Crippen LogP contribution < -0.4 is 10.1 Å². The minimum absolute atomic E-state index is 0.0117. The zero-order valence-electron chi connectivity index (χ0n) is 16.9. The summed E-state index contributed by atoms with van der Waals surface area (Å²) in [6.07, 6.45) is 2.18. The highest BCUT2D eigenvalue weighted by atomic mass is 79.9. The molecule has 2 rings (SSSR count). The maximum atomic E-state index is 12.6. The van der Waals surface area contributed by atoms with Gasteiger partial charge in [0.15, 0.2) is 0 Å². The number of aromatic nitrogens is 1. The van der Waals surface area contributed by atoms with Crippen LogP contribution in [0.25, 0.3) is 6.08 Å². The smallest absolute Gasteiger partial charge is 0.262 e. The minimum atomic E-state index is -0.424. The average molecular weight is 457 g/mol. The SMILES string of the molecule is CCC(NC(=O)/C(C#N)=C/c1cccc(Br)n1)c1ccc(OCCN(C)C)cc1. The highest BCUT2D eigenvalue weighted by Crippen LogP contribution is 2.21. The van der Waals surface area contributed by atoms with Gasteiger partial charge < -0.3 is 15.0 Å². The number of nitrogens with zero attached hydrogens (tertiary/aromatic N) is 3. The lowest BCUT2D eigenvalue weighted by Crippen LogP contribution is -2.29. The highest BCUT2D eigenvalue weighted by Gasteiger charge is 2.16. The highest BCUT2D eigenvalue weighted by molar-refractivity contribution is 9.10. The van der Waals surface area contributed by atoms with E-state index in [9.17, 15) is 10.1 Å². The molecule has 152 valence electrons. The van der Waals surface area contributed by atoms with Gasteiger partial charge in [0.25, 0.3) is 5.91 Å². The number of pyridine rings is 1. The summed E-state index contributed by atoms with van der Waals surface area (Å²) in [5.74, 6) is 0.363. The fraction of sp³-hybridized carbons (Fsp3) is 0.318. The Morgan fingerprint density at radius 2 is 2.03 bits per heavy atom. The van der Waals surface area contributed by atoms with Crippen LogP contribution in [0.1, 0.15) is 30.6 Å². The molecule has 0 aliphatic carbocycles. The van der Waals surface area contributed by atoms with Crippen molar-refractivity contribution in [3.05, 3.63) is 63.9 Å². The first-order valence-electron chi connectivity index (χ1n) is 9.35. The van der Waals surface area contributed by atoms with Gasteiger partial charge in [-0.2, -0.15) is 5.26 Å². The monoisotopic (exact) mass is 456 g/mol. The molecule has 1 heterocycles. The summed E-state index contributed by atoms with van der Waals surface area (Å²) in [6.45, 7) is 3.43. The number of likely N-dealkylation sites (N-methyl/N-ethyl adjacent to an activating group) is 1. The second kappa shape index (κ2) is 11.3. The fourth-order valence-electron chi connectivity index (χ4n) is 2.60. The molecule has 0 saturated heterocycles. The van der Waals surface area contributed by atoms with Gasteiger partial charge in [-0.1, -0.05) is 25.1 Å². The van der Waals surface area contributed by atoms with Gasteiger partial charge in [-0.05, 0) is 72.4 Å². The molecule has 0 aliphatic heterocycles. The van der Waals surface area contributed by atoms with Crippen LogP contribution >= 0.6 is 15.9 Å². The predicted molar refractivity (Wildman–Crippen MR) is 117 cm³/mol. The molecule has 1 aromatic heterocycles. The Balaban J connectivity index is 2.06. The summed E-state index contributed by atoms with van der Waals surface area (Å²) in [5, 5.41) is 12.3. The molecule has 0 fully saturated rings. The van der Waals surface area contributed by atoms with E-state index in [-0.39, 0.29) is 11.6 Å². The Kier molecular flexibility index (Phi) is 8.84. The number of carbonyl (C=O) groups is 1. The van der Waals surface area contributed by atoms with Crippen molar-refractivity contribution in [3.63, 3.8) is 0 Å². The van der Waals surface area contributed by atoms with Crippen molar-refractivity contribution in [1.82, 2.24) is 15.2 Å². The van der Waals surface area contributed by atoms with E-state index in [2.05, 4.69) is 31.1 Å². The van der Waals surface area contributed by atoms with E-state index in [4.69, 9.17) is 4.74 Å². The molecule has 1 unspecified atom stereocenters. The predicted octanol–water partition coefficient (Wildman–Crippen LogP) is 3.96. The molecule has 0 saturated carbocycles. The first-order chi connectivity index (χ1) is 13.9. The van der Waals surface area contributed by atoms with Gasteiger partial charge in [0.2, 0.25) is 0 Å².